The van der Waals surface area contributed by atoms with Crippen molar-refractivity contribution in [3.8, 4) is 20.9 Å². The van der Waals surface area contributed by atoms with Crippen molar-refractivity contribution < 1.29 is 0 Å². The van der Waals surface area contributed by atoms with Gasteiger partial charge in [-0.3, -0.25) is 8.10 Å². The van der Waals surface area contributed by atoms with Gasteiger partial charge in [-0.15, -0.1) is 17.0 Å². The van der Waals surface area contributed by atoms with Gasteiger partial charge in [0.1, 0.15) is 0 Å². The van der Waals surface area contributed by atoms with Crippen LogP contribution < -0.4 is 0 Å². The van der Waals surface area contributed by atoms with Crippen molar-refractivity contribution in [2.75, 3.05) is 0 Å². The Labute approximate surface area is 69.0 Å². The summed E-state index contributed by atoms with van der Waals surface area (Å²) in [6, 6.07) is 0. The molecule has 0 spiro atoms. The molecule has 0 fully saturated rings. The molecule has 0 aromatic carbocycles. The van der Waals surface area contributed by atoms with E-state index in [-0.39, 0.29) is 27.9 Å². The van der Waals surface area contributed by atoms with Gasteiger partial charge in [-0.1, -0.05) is 0 Å². The third-order valence-electron chi connectivity index (χ3n) is 0.204. The predicted molar refractivity (Wildman–Crippen MR) is 45.1 cm³/mol. The van der Waals surface area contributed by atoms with Crippen LogP contribution >= 0.6 is 17.0 Å². The van der Waals surface area contributed by atoms with Crippen LogP contribution in [-0.4, -0.2) is 31.3 Å². The van der Waals surface area contributed by atoms with E-state index in [0.717, 1.165) is 0 Å². The lowest BCUT2D eigenvalue weighted by molar-refractivity contribution is 2.87. The molecular weight excluding hydrogens is 180 g/mol. The van der Waals surface area contributed by atoms with Gasteiger partial charge in [-0.25, -0.2) is 0 Å². The normalized spacial score (nSPS) is 2.00. The van der Waals surface area contributed by atoms with E-state index < -0.39 is 20.4 Å². The Morgan fingerprint density at radius 2 is 1.43 bits per heavy atom. The van der Waals surface area contributed by atoms with Crippen LogP contribution in [0.15, 0.2) is 0 Å². The van der Waals surface area contributed by atoms with Crippen molar-refractivity contribution in [1.82, 2.24) is 0 Å². The third kappa shape index (κ3) is 20.7. The average molecular weight is 187 g/mol. The van der Waals surface area contributed by atoms with E-state index in [1.807, 2.05) is 0 Å². The van der Waals surface area contributed by atoms with Gasteiger partial charge in [-0.05, 0) is 11.0 Å². The lowest BCUT2D eigenvalue weighted by Gasteiger charge is -1.48. The maximum Gasteiger partial charge on any atom is 0.577 e. The van der Waals surface area contributed by atoms with Crippen LogP contribution in [0.3, 0.4) is 0 Å². The fourth-order valence-corrected chi connectivity index (χ4v) is 0.177. The first-order valence-corrected chi connectivity index (χ1v) is 2.70. The van der Waals surface area contributed by atoms with Crippen LogP contribution in [-0.2, 0) is 0 Å². The first-order chi connectivity index (χ1) is 2.41. The molecular formula is C4H7BrMgSi. The first kappa shape index (κ1) is 15.6. The number of hydrogen-bond acceptors (Lipinski definition) is 0. The van der Waals surface area contributed by atoms with E-state index >= 15 is 0 Å². The summed E-state index contributed by atoms with van der Waals surface area (Å²) in [7, 11) is 0. The highest BCUT2D eigenvalue weighted by atomic mass is 79.9. The summed E-state index contributed by atoms with van der Waals surface area (Å²) in [4.78, 5) is 0. The van der Waals surface area contributed by atoms with E-state index in [0.29, 0.717) is 0 Å². The smallest absolute Gasteiger partial charge is 0.253 e. The summed E-state index contributed by atoms with van der Waals surface area (Å²) in [6.07, 6.45) is 9.62. The average Bonchev–Trinajstić information content (AvgIpc) is 1.41. The molecule has 0 radical (unpaired) electrons. The van der Waals surface area contributed by atoms with Crippen molar-refractivity contribution in [3.05, 3.63) is 0 Å². The second kappa shape index (κ2) is 16.0. The Morgan fingerprint density at radius 1 is 1.14 bits per heavy atom. The van der Waals surface area contributed by atoms with E-state index in [2.05, 4.69) is 8.10 Å². The second-order valence-corrected chi connectivity index (χ2v) is 1.76. The second-order valence-electron chi connectivity index (χ2n) is 0.585. The first-order valence-electron chi connectivity index (χ1n) is 1.28. The number of halogens is 1. The zero-order valence-electron chi connectivity index (χ0n) is 3.27. The van der Waals surface area contributed by atoms with E-state index in [4.69, 9.17) is 12.8 Å². The van der Waals surface area contributed by atoms with E-state index in [1.54, 1.807) is 0 Å². The Kier molecular flexibility index (Phi) is 35.7. The van der Waals surface area contributed by atoms with Crippen molar-refractivity contribution in [2.45, 2.75) is 0 Å². The lowest BCUT2D eigenvalue weighted by atomic mass is 11.4. The maximum absolute atomic E-state index is 4.81. The topological polar surface area (TPSA) is 0 Å². The highest BCUT2D eigenvalue weighted by molar-refractivity contribution is 8.93. The molecule has 3 heteroatoms. The lowest BCUT2D eigenvalue weighted by Crippen LogP contribution is -1.70. The quantitative estimate of drug-likeness (QED) is 0.337. The van der Waals surface area contributed by atoms with Gasteiger partial charge in [0.15, 0.2) is 0 Å². The Balaban J connectivity index is -0.0000000800. The highest BCUT2D eigenvalue weighted by Gasteiger charge is 1.70. The standard InChI is InChI=1S/2C2H.BrH.Mg.H4Si/c2*1-2;;;/h2*1H;1H;;1H4. The minimum absolute atomic E-state index is 0. The molecule has 7 heavy (non-hydrogen) atoms. The van der Waals surface area contributed by atoms with Crippen LogP contribution in [0.1, 0.15) is 0 Å². The molecule has 0 atom stereocenters. The van der Waals surface area contributed by atoms with Gasteiger partial charge in [0.05, 0.1) is 0 Å². The minimum Gasteiger partial charge on any atom is -0.253 e. The van der Waals surface area contributed by atoms with Crippen molar-refractivity contribution >= 4 is 48.3 Å². The van der Waals surface area contributed by atoms with Crippen molar-refractivity contribution in [1.29, 1.82) is 0 Å². The molecule has 0 saturated heterocycles. The predicted octanol–water partition coefficient (Wildman–Crippen LogP) is -1.00. The molecule has 0 saturated carbocycles. The zero-order chi connectivity index (χ0) is 4.12. The molecule has 0 aromatic rings. The summed E-state index contributed by atoms with van der Waals surface area (Å²) < 4.78 is 4.84. The van der Waals surface area contributed by atoms with Crippen molar-refractivity contribution in [3.63, 3.8) is 0 Å². The minimum atomic E-state index is -0.512. The molecule has 36 valence electrons. The zero-order valence-corrected chi connectivity index (χ0v) is 6.40. The fourth-order valence-electron chi connectivity index (χ4n) is 0.0589. The Hall–Kier alpha value is 0.583. The van der Waals surface area contributed by atoms with Crippen LogP contribution in [0.4, 0.5) is 0 Å². The monoisotopic (exact) mass is 186 g/mol. The molecule has 0 amide bonds. The van der Waals surface area contributed by atoms with Crippen LogP contribution in [0, 0.1) is 20.9 Å². The molecule has 0 aromatic heterocycles. The number of terminal acetylenes is 2. The number of rotatable bonds is 0. The summed E-state index contributed by atoms with van der Waals surface area (Å²) in [5.74, 6) is 0. The molecule has 0 heterocycles. The van der Waals surface area contributed by atoms with Gasteiger partial charge < -0.3 is 0 Å². The van der Waals surface area contributed by atoms with E-state index in [1.165, 1.54) is 0 Å². The number of hydrogen-bond donors (Lipinski definition) is 0. The van der Waals surface area contributed by atoms with Gasteiger partial charge >= 0.3 is 20.4 Å². The molecule has 0 aliphatic carbocycles. The highest BCUT2D eigenvalue weighted by Crippen LogP contribution is 1.38. The molecule has 0 aliphatic rings. The SMILES string of the molecule is Br.C#[C][Mg][C]#C.[SiH4]. The maximum atomic E-state index is 4.81. The molecule has 0 rings (SSSR count). The summed E-state index contributed by atoms with van der Waals surface area (Å²) in [5, 5.41) is 0. The van der Waals surface area contributed by atoms with Gasteiger partial charge in [0.2, 0.25) is 0 Å². The summed E-state index contributed by atoms with van der Waals surface area (Å²) >= 11 is -0.512. The molecule has 0 bridgehead atoms. The summed E-state index contributed by atoms with van der Waals surface area (Å²) in [6.45, 7) is 0. The van der Waals surface area contributed by atoms with Crippen LogP contribution in [0.2, 0.25) is 0 Å². The molecule has 0 unspecified atom stereocenters. The molecule has 0 N–H and O–H groups in total. The van der Waals surface area contributed by atoms with Gasteiger partial charge in [0, 0.05) is 0 Å². The van der Waals surface area contributed by atoms with Crippen LogP contribution in [0.5, 0.6) is 0 Å². The molecule has 0 nitrogen and oxygen atoms in total. The Bertz CT molecular complexity index is 76.8. The fraction of sp³-hybridized carbons (Fsp3) is 0. The van der Waals surface area contributed by atoms with E-state index in [9.17, 15) is 0 Å². The van der Waals surface area contributed by atoms with Gasteiger partial charge in [-0.2, -0.15) is 12.8 Å². The van der Waals surface area contributed by atoms with Crippen LogP contribution in [0.25, 0.3) is 0 Å². The largest absolute Gasteiger partial charge is 0.577 e. The summed E-state index contributed by atoms with van der Waals surface area (Å²) in [5.41, 5.74) is 0. The van der Waals surface area contributed by atoms with Crippen molar-refractivity contribution in [2.24, 2.45) is 0 Å². The van der Waals surface area contributed by atoms with Gasteiger partial charge in [0.25, 0.3) is 0 Å². The molecule has 0 aliphatic heterocycles. The third-order valence-corrected chi connectivity index (χ3v) is 0.612. The Morgan fingerprint density at radius 3 is 1.43 bits per heavy atom.